The Kier molecular flexibility index (Phi) is 4.75. The second-order valence-corrected chi connectivity index (χ2v) is 8.93. The van der Waals surface area contributed by atoms with Crippen molar-refractivity contribution in [2.75, 3.05) is 19.6 Å². The highest BCUT2D eigenvalue weighted by Gasteiger charge is 2.53. The minimum Gasteiger partial charge on any atom is -0.330 e. The lowest BCUT2D eigenvalue weighted by atomic mass is 10.1. The number of hydrogen-bond donors (Lipinski definition) is 1. The first-order chi connectivity index (χ1) is 14.5. The van der Waals surface area contributed by atoms with Crippen LogP contribution in [0.25, 0.3) is 0 Å². The molecule has 5 rings (SSSR count). The van der Waals surface area contributed by atoms with Gasteiger partial charge in [-0.05, 0) is 55.4 Å². The smallest absolute Gasteiger partial charge is 0.241 e. The number of likely N-dealkylation sites (tertiary alicyclic amines) is 3. The van der Waals surface area contributed by atoms with Gasteiger partial charge in [0.05, 0.1) is 24.2 Å². The van der Waals surface area contributed by atoms with E-state index in [0.717, 1.165) is 36.8 Å². The van der Waals surface area contributed by atoms with Gasteiger partial charge in [0.15, 0.2) is 0 Å². The maximum atomic E-state index is 13.5. The van der Waals surface area contributed by atoms with Crippen LogP contribution >= 0.6 is 0 Å². The largest absolute Gasteiger partial charge is 0.330 e. The zero-order valence-corrected chi connectivity index (χ0v) is 16.8. The molecule has 158 valence electrons. The number of piperazine rings is 1. The summed E-state index contributed by atoms with van der Waals surface area (Å²) < 4.78 is 13.5. The number of hydrogen-bond acceptors (Lipinski definition) is 5. The summed E-state index contributed by atoms with van der Waals surface area (Å²) in [5.41, 5.74) is 8.26. The lowest BCUT2D eigenvalue weighted by Gasteiger charge is -2.38. The molecular formula is C22H26FN5O2. The van der Waals surface area contributed by atoms with E-state index in [2.05, 4.69) is 6.07 Å². The summed E-state index contributed by atoms with van der Waals surface area (Å²) in [5.74, 6) is -0.341. The summed E-state index contributed by atoms with van der Waals surface area (Å²) in [6, 6.07) is 5.80. The monoisotopic (exact) mass is 411 g/mol. The molecule has 3 aliphatic heterocycles. The van der Waals surface area contributed by atoms with Crippen LogP contribution in [0, 0.1) is 17.1 Å². The number of amides is 2. The van der Waals surface area contributed by atoms with Crippen LogP contribution in [-0.4, -0.2) is 70.3 Å². The number of halogens is 1. The fourth-order valence-electron chi connectivity index (χ4n) is 5.86. The molecule has 0 saturated carbocycles. The third kappa shape index (κ3) is 2.99. The van der Waals surface area contributed by atoms with Crippen LogP contribution in [0.3, 0.4) is 0 Å². The highest BCUT2D eigenvalue weighted by atomic mass is 19.1. The molecule has 2 N–H and O–H groups in total. The maximum absolute atomic E-state index is 13.5. The molecule has 1 aromatic carbocycles. The predicted molar refractivity (Wildman–Crippen MR) is 106 cm³/mol. The molecule has 3 heterocycles. The van der Waals surface area contributed by atoms with Gasteiger partial charge in [-0.15, -0.1) is 0 Å². The van der Waals surface area contributed by atoms with E-state index in [1.165, 1.54) is 6.07 Å². The Morgan fingerprint density at radius 3 is 2.93 bits per heavy atom. The number of rotatable bonds is 4. The Balaban J connectivity index is 1.25. The highest BCUT2D eigenvalue weighted by molar-refractivity contribution is 5.87. The van der Waals surface area contributed by atoms with Crippen molar-refractivity contribution in [3.63, 3.8) is 0 Å². The molecule has 4 aliphatic rings. The van der Waals surface area contributed by atoms with Gasteiger partial charge < -0.3 is 15.5 Å². The normalized spacial score (nSPS) is 31.3. The number of aryl methyl sites for hydroxylation is 1. The molecule has 8 heteroatoms. The van der Waals surface area contributed by atoms with E-state index in [1.807, 2.05) is 15.9 Å². The van der Waals surface area contributed by atoms with Gasteiger partial charge in [0.2, 0.25) is 11.8 Å². The molecule has 0 aromatic heterocycles. The van der Waals surface area contributed by atoms with Crippen LogP contribution in [0.15, 0.2) is 18.2 Å². The summed E-state index contributed by atoms with van der Waals surface area (Å²) in [5, 5.41) is 9.22. The summed E-state index contributed by atoms with van der Waals surface area (Å²) in [6.07, 6.45) is 3.89. The molecule has 0 spiro atoms. The lowest BCUT2D eigenvalue weighted by molar-refractivity contribution is -0.141. The Bertz CT molecular complexity index is 931. The fraction of sp³-hybridized carbons (Fsp3) is 0.591. The van der Waals surface area contributed by atoms with Crippen LogP contribution < -0.4 is 5.73 Å². The van der Waals surface area contributed by atoms with E-state index in [0.29, 0.717) is 26.1 Å². The van der Waals surface area contributed by atoms with Crippen molar-refractivity contribution >= 4 is 11.8 Å². The van der Waals surface area contributed by atoms with Gasteiger partial charge in [-0.1, -0.05) is 6.07 Å². The Morgan fingerprint density at radius 2 is 2.17 bits per heavy atom. The van der Waals surface area contributed by atoms with Crippen molar-refractivity contribution in [2.45, 2.75) is 62.3 Å². The van der Waals surface area contributed by atoms with Gasteiger partial charge in [0, 0.05) is 25.7 Å². The first-order valence-corrected chi connectivity index (χ1v) is 10.8. The molecule has 7 nitrogen and oxygen atoms in total. The van der Waals surface area contributed by atoms with Crippen molar-refractivity contribution in [3.05, 3.63) is 35.1 Å². The summed E-state index contributed by atoms with van der Waals surface area (Å²) >= 11 is 0. The molecule has 1 aliphatic carbocycles. The number of nitriles is 1. The van der Waals surface area contributed by atoms with E-state index >= 15 is 0 Å². The van der Waals surface area contributed by atoms with Crippen molar-refractivity contribution in [3.8, 4) is 6.07 Å². The zero-order chi connectivity index (χ0) is 21.0. The number of fused-ring (bicyclic) bond motifs is 3. The summed E-state index contributed by atoms with van der Waals surface area (Å²) in [4.78, 5) is 31.5. The average Bonchev–Trinajstić information content (AvgIpc) is 3.49. The molecule has 30 heavy (non-hydrogen) atoms. The lowest BCUT2D eigenvalue weighted by Crippen LogP contribution is -2.56. The van der Waals surface area contributed by atoms with Gasteiger partial charge >= 0.3 is 0 Å². The standard InChI is InChI=1S/C22H26FN5O2/c23-14-4-5-17-13(8-14)3-6-19(17)28-16-9-20(22(28)30)26(11-16)12-18(25)21(29)27-7-1-2-15(27)10-24/h4-5,8,15-16,18-20H,1-3,6-7,9,11-12,25H2/t15?,16-,18?,19-,20?/m0/s1. The van der Waals surface area contributed by atoms with Crippen molar-refractivity contribution in [2.24, 2.45) is 5.73 Å². The topological polar surface area (TPSA) is 93.7 Å². The maximum Gasteiger partial charge on any atom is 0.241 e. The SMILES string of the molecule is N#CC1CCCN1C(=O)C(N)CN1C[C@@H]2CC1C(=O)N2[C@H]1CCc2cc(F)ccc21. The van der Waals surface area contributed by atoms with Crippen LogP contribution in [0.5, 0.6) is 0 Å². The van der Waals surface area contributed by atoms with Crippen LogP contribution in [0.1, 0.15) is 42.9 Å². The number of nitrogens with zero attached hydrogens (tertiary/aromatic N) is 4. The Labute approximate surface area is 175 Å². The van der Waals surface area contributed by atoms with Crippen LogP contribution in [0.2, 0.25) is 0 Å². The van der Waals surface area contributed by atoms with Crippen molar-refractivity contribution in [1.29, 1.82) is 5.26 Å². The number of benzene rings is 1. The number of carbonyl (C=O) groups is 2. The molecule has 5 atom stereocenters. The molecule has 2 bridgehead atoms. The second kappa shape index (κ2) is 7.33. The van der Waals surface area contributed by atoms with Gasteiger partial charge in [-0.2, -0.15) is 5.26 Å². The molecule has 3 saturated heterocycles. The molecule has 3 fully saturated rings. The van der Waals surface area contributed by atoms with Gasteiger partial charge in [-0.25, -0.2) is 4.39 Å². The zero-order valence-electron chi connectivity index (χ0n) is 16.8. The Hall–Kier alpha value is -2.50. The Morgan fingerprint density at radius 1 is 1.33 bits per heavy atom. The summed E-state index contributed by atoms with van der Waals surface area (Å²) in [7, 11) is 0. The molecular weight excluding hydrogens is 385 g/mol. The van der Waals surface area contributed by atoms with E-state index in [4.69, 9.17) is 5.73 Å². The van der Waals surface area contributed by atoms with Crippen molar-refractivity contribution in [1.82, 2.24) is 14.7 Å². The summed E-state index contributed by atoms with van der Waals surface area (Å²) in [6.45, 7) is 1.61. The number of carbonyl (C=O) groups excluding carboxylic acids is 2. The van der Waals surface area contributed by atoms with Gasteiger partial charge in [0.1, 0.15) is 11.9 Å². The van der Waals surface area contributed by atoms with E-state index in [9.17, 15) is 19.2 Å². The minimum atomic E-state index is -0.727. The van der Waals surface area contributed by atoms with Gasteiger partial charge in [-0.3, -0.25) is 14.5 Å². The fourth-order valence-corrected chi connectivity index (χ4v) is 5.86. The van der Waals surface area contributed by atoms with E-state index in [-0.39, 0.29) is 41.8 Å². The molecule has 0 radical (unpaired) electrons. The van der Waals surface area contributed by atoms with Crippen LogP contribution in [0.4, 0.5) is 4.39 Å². The molecule has 3 unspecified atom stereocenters. The molecule has 2 amide bonds. The molecule has 1 aromatic rings. The first-order valence-electron chi connectivity index (χ1n) is 10.8. The van der Waals surface area contributed by atoms with E-state index in [1.54, 1.807) is 11.0 Å². The van der Waals surface area contributed by atoms with Crippen molar-refractivity contribution < 1.29 is 14.0 Å². The predicted octanol–water partition coefficient (Wildman–Crippen LogP) is 0.940. The van der Waals surface area contributed by atoms with Crippen LogP contribution in [-0.2, 0) is 16.0 Å². The third-order valence-electron chi connectivity index (χ3n) is 7.23. The number of nitrogens with two attached hydrogens (primary N) is 1. The van der Waals surface area contributed by atoms with E-state index < -0.39 is 6.04 Å². The van der Waals surface area contributed by atoms with Gasteiger partial charge in [0.25, 0.3) is 0 Å². The quantitative estimate of drug-likeness (QED) is 0.796. The average molecular weight is 411 g/mol. The second-order valence-electron chi connectivity index (χ2n) is 8.93. The minimum absolute atomic E-state index is 0.0153. The third-order valence-corrected chi connectivity index (χ3v) is 7.23. The highest BCUT2D eigenvalue weighted by Crippen LogP contribution is 2.43. The first kappa shape index (κ1) is 19.5.